The van der Waals surface area contributed by atoms with Gasteiger partial charge in [-0.15, -0.1) is 0 Å². The van der Waals surface area contributed by atoms with Crippen LogP contribution in [0.5, 0.6) is 0 Å². The molecule has 1 aromatic heterocycles. The molecule has 0 aromatic carbocycles. The summed E-state index contributed by atoms with van der Waals surface area (Å²) in [6, 6.07) is 1.18. The summed E-state index contributed by atoms with van der Waals surface area (Å²) >= 11 is 0. The predicted octanol–water partition coefficient (Wildman–Crippen LogP) is 0.359. The normalized spacial score (nSPS) is 9.50. The third-order valence-corrected chi connectivity index (χ3v) is 1.54. The Morgan fingerprint density at radius 2 is 2.36 bits per heavy atom. The number of nitrogens with two attached hydrogens (primary N) is 1. The monoisotopic (exact) mass is 197 g/mol. The molecule has 0 fully saturated rings. The summed E-state index contributed by atoms with van der Waals surface area (Å²) in [5.41, 5.74) is 4.52. The first-order valence-electron chi connectivity index (χ1n) is 3.55. The molecule has 0 aliphatic carbocycles. The molecule has 0 aliphatic heterocycles. The van der Waals surface area contributed by atoms with Gasteiger partial charge in [0.2, 0.25) is 5.82 Å². The maximum Gasteiger partial charge on any atom is 0.345 e. The van der Waals surface area contributed by atoms with Gasteiger partial charge < -0.3 is 10.5 Å². The van der Waals surface area contributed by atoms with Crippen molar-refractivity contribution >= 4 is 17.5 Å². The molecular formula is C7H7N3O4. The van der Waals surface area contributed by atoms with Crippen molar-refractivity contribution in [3.63, 3.8) is 0 Å². The van der Waals surface area contributed by atoms with Crippen LogP contribution in [-0.2, 0) is 4.74 Å². The van der Waals surface area contributed by atoms with E-state index in [-0.39, 0.29) is 11.4 Å². The highest BCUT2D eigenvalue weighted by molar-refractivity contribution is 5.95. The van der Waals surface area contributed by atoms with Gasteiger partial charge >= 0.3 is 11.7 Å². The number of esters is 1. The number of methoxy groups -OCH3 is 1. The summed E-state index contributed by atoms with van der Waals surface area (Å²) in [6.07, 6.45) is 1.20. The van der Waals surface area contributed by atoms with E-state index in [4.69, 9.17) is 5.73 Å². The van der Waals surface area contributed by atoms with Gasteiger partial charge in [-0.2, -0.15) is 0 Å². The Bertz CT molecular complexity index is 391. The van der Waals surface area contributed by atoms with E-state index in [1.165, 1.54) is 12.3 Å². The van der Waals surface area contributed by atoms with Gasteiger partial charge in [-0.05, 0) is 6.07 Å². The molecule has 0 spiro atoms. The quantitative estimate of drug-likeness (QED) is 0.416. The van der Waals surface area contributed by atoms with Crippen LogP contribution in [0.1, 0.15) is 10.4 Å². The molecule has 7 nitrogen and oxygen atoms in total. The molecule has 0 saturated carbocycles. The number of hydrogen-bond acceptors (Lipinski definition) is 6. The van der Waals surface area contributed by atoms with E-state index in [2.05, 4.69) is 9.72 Å². The third kappa shape index (κ3) is 1.60. The van der Waals surface area contributed by atoms with Crippen LogP contribution in [0.15, 0.2) is 12.3 Å². The summed E-state index contributed by atoms with van der Waals surface area (Å²) in [5.74, 6) is -1.12. The van der Waals surface area contributed by atoms with Gasteiger partial charge in [-0.25, -0.2) is 9.78 Å². The fourth-order valence-corrected chi connectivity index (χ4v) is 0.937. The molecule has 0 radical (unpaired) electrons. The molecule has 0 aliphatic rings. The largest absolute Gasteiger partial charge is 0.465 e. The van der Waals surface area contributed by atoms with Gasteiger partial charge in [0, 0.05) is 6.20 Å². The molecule has 0 atom stereocenters. The Hall–Kier alpha value is -2.18. The maximum atomic E-state index is 11.1. The van der Waals surface area contributed by atoms with Gasteiger partial charge in [0.15, 0.2) is 0 Å². The number of nitrogen functional groups attached to an aromatic ring is 1. The average Bonchev–Trinajstić information content (AvgIpc) is 2.15. The number of nitro groups is 1. The maximum absolute atomic E-state index is 11.1. The molecule has 1 heterocycles. The first-order chi connectivity index (χ1) is 6.57. The first kappa shape index (κ1) is 9.90. The van der Waals surface area contributed by atoms with Crippen molar-refractivity contribution in [1.29, 1.82) is 0 Å². The van der Waals surface area contributed by atoms with Crippen LogP contribution in [0.4, 0.5) is 11.5 Å². The van der Waals surface area contributed by atoms with E-state index in [1.54, 1.807) is 0 Å². The fourth-order valence-electron chi connectivity index (χ4n) is 0.937. The minimum Gasteiger partial charge on any atom is -0.465 e. The highest BCUT2D eigenvalue weighted by Crippen LogP contribution is 2.23. The Labute approximate surface area is 78.6 Å². The number of anilines is 1. The summed E-state index contributed by atoms with van der Waals surface area (Å²) in [5, 5.41) is 10.5. The van der Waals surface area contributed by atoms with Crippen molar-refractivity contribution in [3.8, 4) is 0 Å². The minimum atomic E-state index is -0.814. The Kier molecular flexibility index (Phi) is 2.61. The van der Waals surface area contributed by atoms with E-state index in [0.29, 0.717) is 0 Å². The molecular weight excluding hydrogens is 190 g/mol. The Morgan fingerprint density at radius 3 is 2.86 bits per heavy atom. The van der Waals surface area contributed by atoms with Gasteiger partial charge in [0.05, 0.1) is 12.0 Å². The lowest BCUT2D eigenvalue weighted by atomic mass is 10.2. The molecule has 0 amide bonds. The van der Waals surface area contributed by atoms with Gasteiger partial charge in [-0.3, -0.25) is 10.1 Å². The molecule has 2 N–H and O–H groups in total. The lowest BCUT2D eigenvalue weighted by Crippen LogP contribution is -2.08. The molecule has 1 rings (SSSR count). The van der Waals surface area contributed by atoms with E-state index < -0.39 is 16.6 Å². The number of aromatic nitrogens is 1. The number of carbonyl (C=O) groups excluding carboxylic acids is 1. The second kappa shape index (κ2) is 3.69. The van der Waals surface area contributed by atoms with Crippen molar-refractivity contribution in [1.82, 2.24) is 4.98 Å². The molecule has 0 bridgehead atoms. The lowest BCUT2D eigenvalue weighted by Gasteiger charge is -2.01. The zero-order chi connectivity index (χ0) is 10.7. The van der Waals surface area contributed by atoms with E-state index in [0.717, 1.165) is 7.11 Å². The fraction of sp³-hybridized carbons (Fsp3) is 0.143. The second-order valence-corrected chi connectivity index (χ2v) is 2.34. The summed E-state index contributed by atoms with van der Waals surface area (Å²) in [4.78, 5) is 24.4. The molecule has 0 unspecified atom stereocenters. The summed E-state index contributed by atoms with van der Waals surface area (Å²) < 4.78 is 4.36. The number of pyridine rings is 1. The predicted molar refractivity (Wildman–Crippen MR) is 46.6 cm³/mol. The Balaban J connectivity index is 3.35. The number of ether oxygens (including phenoxy) is 1. The van der Waals surface area contributed by atoms with Crippen LogP contribution in [0.3, 0.4) is 0 Å². The highest BCUT2D eigenvalue weighted by Gasteiger charge is 2.24. The first-order valence-corrected chi connectivity index (χ1v) is 3.55. The molecule has 7 heteroatoms. The summed E-state index contributed by atoms with van der Waals surface area (Å²) in [7, 11) is 1.13. The van der Waals surface area contributed by atoms with E-state index >= 15 is 0 Å². The average molecular weight is 197 g/mol. The topological polar surface area (TPSA) is 108 Å². The van der Waals surface area contributed by atoms with Crippen molar-refractivity contribution < 1.29 is 14.5 Å². The van der Waals surface area contributed by atoms with Gasteiger partial charge in [0.25, 0.3) is 0 Å². The smallest absolute Gasteiger partial charge is 0.345 e. The highest BCUT2D eigenvalue weighted by atomic mass is 16.6. The van der Waals surface area contributed by atoms with Crippen LogP contribution in [0.2, 0.25) is 0 Å². The number of rotatable bonds is 2. The van der Waals surface area contributed by atoms with Crippen LogP contribution in [0, 0.1) is 10.1 Å². The Morgan fingerprint density at radius 1 is 1.71 bits per heavy atom. The number of nitrogens with zero attached hydrogens (tertiary/aromatic N) is 2. The summed E-state index contributed by atoms with van der Waals surface area (Å²) in [6.45, 7) is 0. The van der Waals surface area contributed by atoms with E-state index in [9.17, 15) is 14.9 Å². The van der Waals surface area contributed by atoms with Crippen LogP contribution in [-0.4, -0.2) is 23.0 Å². The molecule has 74 valence electrons. The molecule has 0 saturated heterocycles. The van der Waals surface area contributed by atoms with Crippen molar-refractivity contribution in [2.45, 2.75) is 0 Å². The van der Waals surface area contributed by atoms with Crippen LogP contribution >= 0.6 is 0 Å². The minimum absolute atomic E-state index is 0.204. The molecule has 14 heavy (non-hydrogen) atoms. The van der Waals surface area contributed by atoms with Gasteiger partial charge in [-0.1, -0.05) is 0 Å². The third-order valence-electron chi connectivity index (χ3n) is 1.54. The molecule has 1 aromatic rings. The van der Waals surface area contributed by atoms with Crippen LogP contribution in [0.25, 0.3) is 0 Å². The zero-order valence-corrected chi connectivity index (χ0v) is 7.26. The van der Waals surface area contributed by atoms with Crippen molar-refractivity contribution in [2.75, 3.05) is 12.8 Å². The van der Waals surface area contributed by atoms with Gasteiger partial charge in [0.1, 0.15) is 5.56 Å². The van der Waals surface area contributed by atoms with Crippen molar-refractivity contribution in [3.05, 3.63) is 27.9 Å². The van der Waals surface area contributed by atoms with Crippen molar-refractivity contribution in [2.24, 2.45) is 0 Å². The van der Waals surface area contributed by atoms with E-state index in [1.807, 2.05) is 0 Å². The second-order valence-electron chi connectivity index (χ2n) is 2.34. The number of carbonyl (C=O) groups is 1. The standard InChI is InChI=1S/C7H7N3O4/c1-14-7(11)4-2-3-9-6(8)5(4)10(12)13/h2-3H,1H3,(H2,8,9). The SMILES string of the molecule is COC(=O)c1ccnc(N)c1[N+](=O)[O-]. The zero-order valence-electron chi connectivity index (χ0n) is 7.26. The lowest BCUT2D eigenvalue weighted by molar-refractivity contribution is -0.384. The number of hydrogen-bond donors (Lipinski definition) is 1. The van der Waals surface area contributed by atoms with Crippen LogP contribution < -0.4 is 5.73 Å².